The molecule has 2 N–H and O–H groups in total. The van der Waals surface area contributed by atoms with E-state index in [0.717, 1.165) is 5.76 Å². The van der Waals surface area contributed by atoms with Crippen molar-refractivity contribution in [3.63, 3.8) is 0 Å². The van der Waals surface area contributed by atoms with E-state index in [-0.39, 0.29) is 5.82 Å². The lowest BCUT2D eigenvalue weighted by Crippen LogP contribution is -2.24. The van der Waals surface area contributed by atoms with Crippen molar-refractivity contribution in [3.05, 3.63) is 48.2 Å². The van der Waals surface area contributed by atoms with Gasteiger partial charge in [0.05, 0.1) is 24.2 Å². The molecule has 0 saturated carbocycles. The summed E-state index contributed by atoms with van der Waals surface area (Å²) in [5, 5.41) is 0. The standard InChI is InChI=1S/C13H15FN2O/c1-2-16(9-10-5-4-8-17-10)13-11(14)6-3-7-12(13)15/h3-8H,2,9,15H2,1H3. The molecule has 17 heavy (non-hydrogen) atoms. The number of furan rings is 1. The molecule has 0 fully saturated rings. The first kappa shape index (κ1) is 11.5. The van der Waals surface area contributed by atoms with E-state index in [9.17, 15) is 4.39 Å². The van der Waals surface area contributed by atoms with Crippen molar-refractivity contribution in [2.24, 2.45) is 0 Å². The van der Waals surface area contributed by atoms with Crippen molar-refractivity contribution < 1.29 is 8.81 Å². The predicted molar refractivity (Wildman–Crippen MR) is 66.2 cm³/mol. The quantitative estimate of drug-likeness (QED) is 0.827. The van der Waals surface area contributed by atoms with Gasteiger partial charge in [0.15, 0.2) is 0 Å². The summed E-state index contributed by atoms with van der Waals surface area (Å²) in [6.07, 6.45) is 1.61. The van der Waals surface area contributed by atoms with Crippen molar-refractivity contribution in [2.75, 3.05) is 17.2 Å². The van der Waals surface area contributed by atoms with Crippen LogP contribution in [0.5, 0.6) is 0 Å². The van der Waals surface area contributed by atoms with E-state index in [1.807, 2.05) is 24.0 Å². The molecule has 3 nitrogen and oxygen atoms in total. The number of hydrogen-bond acceptors (Lipinski definition) is 3. The van der Waals surface area contributed by atoms with Crippen molar-refractivity contribution in [1.82, 2.24) is 0 Å². The Bertz CT molecular complexity index is 462. The lowest BCUT2D eigenvalue weighted by atomic mass is 10.2. The summed E-state index contributed by atoms with van der Waals surface area (Å²) < 4.78 is 19.0. The van der Waals surface area contributed by atoms with Gasteiger partial charge in [-0.05, 0) is 31.2 Å². The molecule has 0 aliphatic rings. The Kier molecular flexibility index (Phi) is 3.32. The minimum atomic E-state index is -0.307. The lowest BCUT2D eigenvalue weighted by Gasteiger charge is -2.23. The van der Waals surface area contributed by atoms with Gasteiger partial charge >= 0.3 is 0 Å². The molecule has 0 aliphatic heterocycles. The summed E-state index contributed by atoms with van der Waals surface area (Å²) in [5.41, 5.74) is 6.69. The molecule has 4 heteroatoms. The second kappa shape index (κ2) is 4.91. The van der Waals surface area contributed by atoms with Crippen LogP contribution >= 0.6 is 0 Å². The maximum Gasteiger partial charge on any atom is 0.148 e. The van der Waals surface area contributed by atoms with Crippen molar-refractivity contribution in [2.45, 2.75) is 13.5 Å². The number of anilines is 2. The third-order valence-corrected chi connectivity index (χ3v) is 2.64. The normalized spacial score (nSPS) is 10.5. The van der Waals surface area contributed by atoms with Crippen molar-refractivity contribution in [3.8, 4) is 0 Å². The van der Waals surface area contributed by atoms with Gasteiger partial charge in [0.2, 0.25) is 0 Å². The van der Waals surface area contributed by atoms with Gasteiger partial charge in [-0.3, -0.25) is 0 Å². The summed E-state index contributed by atoms with van der Waals surface area (Å²) in [5.74, 6) is 0.480. The number of benzene rings is 1. The maximum atomic E-state index is 13.8. The first-order valence-corrected chi connectivity index (χ1v) is 5.53. The summed E-state index contributed by atoms with van der Waals surface area (Å²) in [6, 6.07) is 8.39. The maximum absolute atomic E-state index is 13.8. The van der Waals surface area contributed by atoms with Crippen LogP contribution in [0.25, 0.3) is 0 Å². The molecule has 1 heterocycles. The highest BCUT2D eigenvalue weighted by Gasteiger charge is 2.14. The first-order chi connectivity index (χ1) is 8.22. The average molecular weight is 234 g/mol. The Labute approximate surface area is 99.6 Å². The number of rotatable bonds is 4. The zero-order valence-corrected chi connectivity index (χ0v) is 9.69. The minimum Gasteiger partial charge on any atom is -0.467 e. The van der Waals surface area contributed by atoms with Crippen molar-refractivity contribution in [1.29, 1.82) is 0 Å². The highest BCUT2D eigenvalue weighted by Crippen LogP contribution is 2.27. The molecule has 0 aliphatic carbocycles. The summed E-state index contributed by atoms with van der Waals surface area (Å²) in [4.78, 5) is 1.85. The Morgan fingerprint density at radius 2 is 2.12 bits per heavy atom. The molecular formula is C13H15FN2O. The summed E-state index contributed by atoms with van der Waals surface area (Å²) in [7, 11) is 0. The number of nitrogens with two attached hydrogens (primary N) is 1. The van der Waals surface area contributed by atoms with Gasteiger partial charge in [-0.25, -0.2) is 4.39 Å². The second-order valence-electron chi connectivity index (χ2n) is 3.77. The van der Waals surface area contributed by atoms with Gasteiger partial charge in [-0.1, -0.05) is 6.07 Å². The zero-order valence-electron chi connectivity index (χ0n) is 9.69. The SMILES string of the molecule is CCN(Cc1ccco1)c1c(N)cccc1F. The Balaban J connectivity index is 2.29. The number of nitrogens with zero attached hydrogens (tertiary/aromatic N) is 1. The van der Waals surface area contributed by atoms with Crippen molar-refractivity contribution >= 4 is 11.4 Å². The predicted octanol–water partition coefficient (Wildman–Crippen LogP) is 3.03. The van der Waals surface area contributed by atoms with Gasteiger partial charge in [0.1, 0.15) is 11.6 Å². The van der Waals surface area contributed by atoms with E-state index in [4.69, 9.17) is 10.2 Å². The molecule has 1 aromatic heterocycles. The molecule has 2 rings (SSSR count). The van der Waals surface area contributed by atoms with Crippen LogP contribution in [-0.4, -0.2) is 6.54 Å². The third kappa shape index (κ3) is 2.41. The van der Waals surface area contributed by atoms with E-state index < -0.39 is 0 Å². The van der Waals surface area contributed by atoms with Gasteiger partial charge in [0.25, 0.3) is 0 Å². The molecule has 0 bridgehead atoms. The monoisotopic (exact) mass is 234 g/mol. The van der Waals surface area contributed by atoms with E-state index >= 15 is 0 Å². The fourth-order valence-corrected chi connectivity index (χ4v) is 1.81. The largest absolute Gasteiger partial charge is 0.467 e. The third-order valence-electron chi connectivity index (χ3n) is 2.64. The van der Waals surface area contributed by atoms with E-state index in [2.05, 4.69) is 0 Å². The van der Waals surface area contributed by atoms with Gasteiger partial charge in [-0.15, -0.1) is 0 Å². The molecule has 0 saturated heterocycles. The number of para-hydroxylation sites is 1. The molecule has 2 aromatic rings. The van der Waals surface area contributed by atoms with Crippen LogP contribution in [0.15, 0.2) is 41.0 Å². The van der Waals surface area contributed by atoms with Gasteiger partial charge in [0, 0.05) is 6.54 Å². The summed E-state index contributed by atoms with van der Waals surface area (Å²) >= 11 is 0. The first-order valence-electron chi connectivity index (χ1n) is 5.53. The number of halogens is 1. The lowest BCUT2D eigenvalue weighted by molar-refractivity contribution is 0.501. The molecule has 0 radical (unpaired) electrons. The summed E-state index contributed by atoms with van der Waals surface area (Å²) in [6.45, 7) is 3.12. The fourth-order valence-electron chi connectivity index (χ4n) is 1.81. The Morgan fingerprint density at radius 1 is 1.29 bits per heavy atom. The molecule has 90 valence electrons. The smallest absolute Gasteiger partial charge is 0.148 e. The van der Waals surface area contributed by atoms with E-state index in [0.29, 0.717) is 24.5 Å². The van der Waals surface area contributed by atoms with E-state index in [1.165, 1.54) is 6.07 Å². The van der Waals surface area contributed by atoms with Crippen LogP contribution in [0.4, 0.5) is 15.8 Å². The number of nitrogen functional groups attached to an aromatic ring is 1. The zero-order chi connectivity index (χ0) is 12.3. The van der Waals surface area contributed by atoms with Gasteiger partial charge in [-0.2, -0.15) is 0 Å². The second-order valence-corrected chi connectivity index (χ2v) is 3.77. The minimum absolute atomic E-state index is 0.307. The average Bonchev–Trinajstić information content (AvgIpc) is 2.80. The van der Waals surface area contributed by atoms with Crippen LogP contribution in [0.3, 0.4) is 0 Å². The fraction of sp³-hybridized carbons (Fsp3) is 0.231. The molecule has 0 amide bonds. The van der Waals surface area contributed by atoms with Crippen LogP contribution in [-0.2, 0) is 6.54 Å². The van der Waals surface area contributed by atoms with E-state index in [1.54, 1.807) is 18.4 Å². The molecule has 0 atom stereocenters. The molecule has 0 unspecified atom stereocenters. The Hall–Kier alpha value is -1.97. The molecule has 1 aromatic carbocycles. The molecular weight excluding hydrogens is 219 g/mol. The van der Waals surface area contributed by atoms with Gasteiger partial charge < -0.3 is 15.1 Å². The number of hydrogen-bond donors (Lipinski definition) is 1. The molecule has 0 spiro atoms. The van der Waals surface area contributed by atoms with Crippen LogP contribution in [0.2, 0.25) is 0 Å². The highest BCUT2D eigenvalue weighted by molar-refractivity contribution is 5.68. The van der Waals surface area contributed by atoms with Crippen LogP contribution in [0, 0.1) is 5.82 Å². The topological polar surface area (TPSA) is 42.4 Å². The van der Waals surface area contributed by atoms with Crippen LogP contribution < -0.4 is 10.6 Å². The Morgan fingerprint density at radius 3 is 2.71 bits per heavy atom. The highest BCUT2D eigenvalue weighted by atomic mass is 19.1. The van der Waals surface area contributed by atoms with Crippen LogP contribution in [0.1, 0.15) is 12.7 Å².